The van der Waals surface area contributed by atoms with Crippen LogP contribution in [0.1, 0.15) is 31.4 Å². The summed E-state index contributed by atoms with van der Waals surface area (Å²) in [6.07, 6.45) is 8.76. The highest BCUT2D eigenvalue weighted by Crippen LogP contribution is 2.34. The highest BCUT2D eigenvalue weighted by atomic mass is 19.1. The Labute approximate surface area is 220 Å². The van der Waals surface area contributed by atoms with Gasteiger partial charge in [-0.25, -0.2) is 18.7 Å². The minimum absolute atomic E-state index is 0.163. The smallest absolute Gasteiger partial charge is 0.152 e. The summed E-state index contributed by atoms with van der Waals surface area (Å²) in [6, 6.07) is 17.0. The molecule has 3 aromatic heterocycles. The molecule has 5 heterocycles. The van der Waals surface area contributed by atoms with Crippen LogP contribution in [0.2, 0.25) is 0 Å². The summed E-state index contributed by atoms with van der Waals surface area (Å²) in [4.78, 5) is 11.5. The number of fused-ring (bicyclic) bond motifs is 2. The van der Waals surface area contributed by atoms with Crippen molar-refractivity contribution in [3.05, 3.63) is 84.3 Å². The molecule has 7 rings (SSSR count). The minimum Gasteiger partial charge on any atom is -0.370 e. The van der Waals surface area contributed by atoms with E-state index in [2.05, 4.69) is 50.5 Å². The minimum atomic E-state index is -0.663. The van der Waals surface area contributed by atoms with Crippen LogP contribution in [0.15, 0.2) is 67.0 Å². The van der Waals surface area contributed by atoms with Crippen molar-refractivity contribution in [3.63, 3.8) is 0 Å². The molecule has 1 atom stereocenters. The third kappa shape index (κ3) is 3.93. The third-order valence-electron chi connectivity index (χ3n) is 8.22. The van der Waals surface area contributed by atoms with Gasteiger partial charge in [0, 0.05) is 53.2 Å². The van der Waals surface area contributed by atoms with Gasteiger partial charge in [-0.1, -0.05) is 12.1 Å². The van der Waals surface area contributed by atoms with Gasteiger partial charge in [0.25, 0.3) is 0 Å². The lowest BCUT2D eigenvalue weighted by Crippen LogP contribution is -2.53. The number of hydrogen-bond acceptors (Lipinski definition) is 4. The fourth-order valence-corrected chi connectivity index (χ4v) is 6.39. The number of aryl methyl sites for hydroxylation is 1. The molecule has 2 saturated heterocycles. The summed E-state index contributed by atoms with van der Waals surface area (Å²) < 4.78 is 30.6. The number of halogens is 2. The molecule has 1 unspecified atom stereocenters. The number of piperidine rings is 1. The van der Waals surface area contributed by atoms with Crippen LogP contribution in [-0.4, -0.2) is 39.5 Å². The molecule has 5 nitrogen and oxygen atoms in total. The first-order valence-corrected chi connectivity index (χ1v) is 13.3. The van der Waals surface area contributed by atoms with E-state index in [1.54, 1.807) is 6.20 Å². The van der Waals surface area contributed by atoms with E-state index in [1.807, 2.05) is 29.7 Å². The number of rotatable bonds is 3. The average molecular weight is 510 g/mol. The Balaban J connectivity index is 1.21. The number of benzene rings is 2. The molecular formula is C31H29F2N5. The van der Waals surface area contributed by atoms with Gasteiger partial charge in [-0.2, -0.15) is 0 Å². The maximum Gasteiger partial charge on any atom is 0.152 e. The van der Waals surface area contributed by atoms with Gasteiger partial charge in [-0.3, -0.25) is 4.40 Å². The molecule has 0 saturated carbocycles. The van der Waals surface area contributed by atoms with E-state index in [9.17, 15) is 8.78 Å². The number of hydrogen-bond donors (Lipinski definition) is 1. The lowest BCUT2D eigenvalue weighted by atomic mass is 9.87. The van der Waals surface area contributed by atoms with Crippen LogP contribution in [-0.2, 0) is 0 Å². The summed E-state index contributed by atoms with van der Waals surface area (Å²) in [5, 5.41) is 4.20. The summed E-state index contributed by atoms with van der Waals surface area (Å²) in [7, 11) is 0. The summed E-state index contributed by atoms with van der Waals surface area (Å²) >= 11 is 0. The van der Waals surface area contributed by atoms with Gasteiger partial charge in [0.2, 0.25) is 0 Å². The average Bonchev–Trinajstić information content (AvgIpc) is 3.55. The third-order valence-corrected chi connectivity index (χ3v) is 8.22. The highest BCUT2D eigenvalue weighted by molar-refractivity contribution is 5.94. The topological polar surface area (TPSA) is 45.5 Å². The largest absolute Gasteiger partial charge is 0.370 e. The van der Waals surface area contributed by atoms with Gasteiger partial charge in [-0.05, 0) is 86.7 Å². The molecule has 38 heavy (non-hydrogen) atoms. The predicted octanol–water partition coefficient (Wildman–Crippen LogP) is 6.53. The zero-order valence-corrected chi connectivity index (χ0v) is 21.3. The molecule has 0 aliphatic carbocycles. The molecule has 0 radical (unpaired) electrons. The molecule has 192 valence electrons. The predicted molar refractivity (Wildman–Crippen MR) is 147 cm³/mol. The second kappa shape index (κ2) is 8.88. The van der Waals surface area contributed by atoms with Gasteiger partial charge in [0.15, 0.2) is 5.82 Å². The van der Waals surface area contributed by atoms with Crippen LogP contribution in [0.25, 0.3) is 38.9 Å². The van der Waals surface area contributed by atoms with Gasteiger partial charge in [0.05, 0.1) is 11.9 Å². The second-order valence-corrected chi connectivity index (χ2v) is 10.8. The molecule has 0 bridgehead atoms. The van der Waals surface area contributed by atoms with Crippen LogP contribution < -0.4 is 10.2 Å². The lowest BCUT2D eigenvalue weighted by molar-refractivity contribution is 0.308. The van der Waals surface area contributed by atoms with Crippen molar-refractivity contribution in [3.8, 4) is 22.4 Å². The molecule has 1 N–H and O–H groups in total. The van der Waals surface area contributed by atoms with Gasteiger partial charge < -0.3 is 10.2 Å². The van der Waals surface area contributed by atoms with Gasteiger partial charge in [-0.15, -0.1) is 0 Å². The molecule has 5 aromatic rings. The monoisotopic (exact) mass is 509 g/mol. The normalized spacial score (nSPS) is 19.7. The Kier molecular flexibility index (Phi) is 5.44. The molecule has 2 aromatic carbocycles. The van der Waals surface area contributed by atoms with E-state index < -0.39 is 11.6 Å². The van der Waals surface area contributed by atoms with E-state index >= 15 is 0 Å². The summed E-state index contributed by atoms with van der Waals surface area (Å²) in [5.41, 5.74) is 6.81. The maximum atomic E-state index is 14.5. The fourth-order valence-electron chi connectivity index (χ4n) is 6.39. The molecule has 2 aliphatic rings. The number of nitrogens with zero attached hydrogens (tertiary/aromatic N) is 4. The van der Waals surface area contributed by atoms with Crippen molar-refractivity contribution < 1.29 is 8.78 Å². The van der Waals surface area contributed by atoms with E-state index in [0.717, 1.165) is 48.2 Å². The van der Waals surface area contributed by atoms with Crippen LogP contribution in [0, 0.1) is 18.6 Å². The Morgan fingerprint density at radius 2 is 1.79 bits per heavy atom. The SMILES string of the molecule is Cc1cc(-c2cnc3cc(-c4ccc(N5CCCC6(CCCN6)C5)cc4)ccn23)c2cc(F)cc(F)c2n1. The number of anilines is 1. The van der Waals surface area contributed by atoms with Crippen molar-refractivity contribution in [1.82, 2.24) is 19.7 Å². The molecule has 2 aliphatic heterocycles. The van der Waals surface area contributed by atoms with Crippen molar-refractivity contribution in [2.45, 2.75) is 38.1 Å². The van der Waals surface area contributed by atoms with Crippen LogP contribution in [0.4, 0.5) is 14.5 Å². The van der Waals surface area contributed by atoms with Crippen molar-refractivity contribution >= 4 is 22.2 Å². The van der Waals surface area contributed by atoms with E-state index in [-0.39, 0.29) is 11.1 Å². The zero-order chi connectivity index (χ0) is 25.9. The molecule has 7 heteroatoms. The Bertz CT molecular complexity index is 1670. The second-order valence-electron chi connectivity index (χ2n) is 10.8. The molecule has 2 fully saturated rings. The Morgan fingerprint density at radius 1 is 0.947 bits per heavy atom. The summed E-state index contributed by atoms with van der Waals surface area (Å²) in [6.45, 7) is 5.12. The number of imidazole rings is 1. The van der Waals surface area contributed by atoms with Crippen molar-refractivity contribution in [2.24, 2.45) is 0 Å². The highest BCUT2D eigenvalue weighted by Gasteiger charge is 2.37. The Hall–Kier alpha value is -3.84. The molecule has 1 spiro atoms. The maximum absolute atomic E-state index is 14.5. The standard InChI is InChI=1S/C31H29F2N5/c1-20-14-25(26-16-23(32)17-27(33)30(26)36-20)28-18-34-29-15-22(8-13-38(28)29)21-4-6-24(7-5-21)37-12-3-10-31(19-37)9-2-11-35-31/h4-8,13-18,35H,2-3,9-12,19H2,1H3. The fraction of sp³-hybridized carbons (Fsp3) is 0.290. The van der Waals surface area contributed by atoms with Crippen LogP contribution in [0.3, 0.4) is 0 Å². The van der Waals surface area contributed by atoms with E-state index in [4.69, 9.17) is 0 Å². The zero-order valence-electron chi connectivity index (χ0n) is 21.3. The first kappa shape index (κ1) is 23.3. The number of pyridine rings is 2. The number of nitrogens with one attached hydrogen (secondary N) is 1. The van der Waals surface area contributed by atoms with Crippen molar-refractivity contribution in [1.29, 1.82) is 0 Å². The quantitative estimate of drug-likeness (QED) is 0.301. The lowest BCUT2D eigenvalue weighted by Gasteiger charge is -2.42. The first-order chi connectivity index (χ1) is 18.5. The first-order valence-electron chi connectivity index (χ1n) is 13.3. The van der Waals surface area contributed by atoms with E-state index in [0.29, 0.717) is 16.6 Å². The van der Waals surface area contributed by atoms with Gasteiger partial charge in [0.1, 0.15) is 17.0 Å². The van der Waals surface area contributed by atoms with E-state index in [1.165, 1.54) is 37.4 Å². The van der Waals surface area contributed by atoms with Crippen LogP contribution >= 0.6 is 0 Å². The number of aromatic nitrogens is 3. The van der Waals surface area contributed by atoms with Crippen molar-refractivity contribution in [2.75, 3.05) is 24.5 Å². The molecule has 0 amide bonds. The Morgan fingerprint density at radius 3 is 2.61 bits per heavy atom. The van der Waals surface area contributed by atoms with Gasteiger partial charge >= 0.3 is 0 Å². The van der Waals surface area contributed by atoms with Crippen LogP contribution in [0.5, 0.6) is 0 Å². The summed E-state index contributed by atoms with van der Waals surface area (Å²) in [5.74, 6) is -1.29. The molecular weight excluding hydrogens is 480 g/mol.